The van der Waals surface area contributed by atoms with E-state index >= 15 is 0 Å². The molecule has 0 saturated carbocycles. The summed E-state index contributed by atoms with van der Waals surface area (Å²) in [6.07, 6.45) is 3.58. The summed E-state index contributed by atoms with van der Waals surface area (Å²) in [6.45, 7) is 0.842. The van der Waals surface area contributed by atoms with Gasteiger partial charge < -0.3 is 19.1 Å². The molecule has 9 nitrogen and oxygen atoms in total. The number of likely N-dealkylation sites (N-methyl/N-ethyl adjacent to an activating group) is 1. The monoisotopic (exact) mass is 404 g/mol. The molecule has 1 heterocycles. The number of amides is 1. The van der Waals surface area contributed by atoms with E-state index in [1.54, 1.807) is 48.0 Å². The first kappa shape index (κ1) is 22.2. The second-order valence-corrected chi connectivity index (χ2v) is 6.71. The molecular formula is C20H28N4O5. The largest absolute Gasteiger partial charge is 0.497 e. The molecule has 158 valence electrons. The topological polar surface area (TPSA) is 86.1 Å². The molecule has 2 aromatic rings. The molecule has 29 heavy (non-hydrogen) atoms. The van der Waals surface area contributed by atoms with Gasteiger partial charge in [0.2, 0.25) is 5.91 Å². The van der Waals surface area contributed by atoms with E-state index in [1.165, 1.54) is 7.11 Å². The molecule has 0 saturated heterocycles. The summed E-state index contributed by atoms with van der Waals surface area (Å²) in [5.41, 5.74) is 1.79. The SMILES string of the molecule is COC(=O)CN(CC(=O)N(C)Cc1cnn(C)c1)Cc1cc(OC)cc(OC)c1. The van der Waals surface area contributed by atoms with Gasteiger partial charge in [0.25, 0.3) is 0 Å². The summed E-state index contributed by atoms with van der Waals surface area (Å²) in [4.78, 5) is 27.9. The van der Waals surface area contributed by atoms with Gasteiger partial charge in [0.05, 0.1) is 40.6 Å². The van der Waals surface area contributed by atoms with Crippen LogP contribution in [0.1, 0.15) is 11.1 Å². The normalized spacial score (nSPS) is 10.7. The van der Waals surface area contributed by atoms with Gasteiger partial charge in [0.15, 0.2) is 0 Å². The molecule has 0 bridgehead atoms. The second-order valence-electron chi connectivity index (χ2n) is 6.71. The molecule has 0 N–H and O–H groups in total. The van der Waals surface area contributed by atoms with Gasteiger partial charge in [-0.25, -0.2) is 0 Å². The molecule has 0 aliphatic heterocycles. The minimum atomic E-state index is -0.414. The highest BCUT2D eigenvalue weighted by atomic mass is 16.5. The number of nitrogens with zero attached hydrogens (tertiary/aromatic N) is 4. The molecule has 1 aromatic heterocycles. The van der Waals surface area contributed by atoms with E-state index in [2.05, 4.69) is 5.10 Å². The third-order valence-electron chi connectivity index (χ3n) is 4.36. The van der Waals surface area contributed by atoms with E-state index in [1.807, 2.05) is 25.4 Å². The molecule has 0 aliphatic carbocycles. The maximum Gasteiger partial charge on any atom is 0.319 e. The zero-order chi connectivity index (χ0) is 21.4. The van der Waals surface area contributed by atoms with E-state index in [-0.39, 0.29) is 19.0 Å². The molecule has 0 aliphatic rings. The van der Waals surface area contributed by atoms with Crippen molar-refractivity contribution in [2.24, 2.45) is 7.05 Å². The molecule has 0 spiro atoms. The number of methoxy groups -OCH3 is 3. The Morgan fingerprint density at radius 3 is 2.17 bits per heavy atom. The lowest BCUT2D eigenvalue weighted by Crippen LogP contribution is -2.40. The molecule has 1 amide bonds. The van der Waals surface area contributed by atoms with Crippen LogP contribution < -0.4 is 9.47 Å². The lowest BCUT2D eigenvalue weighted by Gasteiger charge is -2.24. The van der Waals surface area contributed by atoms with Gasteiger partial charge in [0, 0.05) is 45.0 Å². The van der Waals surface area contributed by atoms with Crippen LogP contribution in [-0.2, 0) is 34.5 Å². The zero-order valence-corrected chi connectivity index (χ0v) is 17.5. The summed E-state index contributed by atoms with van der Waals surface area (Å²) in [7, 11) is 8.01. The van der Waals surface area contributed by atoms with Crippen molar-refractivity contribution in [1.82, 2.24) is 19.6 Å². The first-order valence-electron chi connectivity index (χ1n) is 9.07. The van der Waals surface area contributed by atoms with Crippen molar-refractivity contribution in [3.63, 3.8) is 0 Å². The molecule has 0 fully saturated rings. The van der Waals surface area contributed by atoms with Crippen LogP contribution in [0.15, 0.2) is 30.6 Å². The summed E-state index contributed by atoms with van der Waals surface area (Å²) in [5.74, 6) is 0.741. The van der Waals surface area contributed by atoms with E-state index in [4.69, 9.17) is 14.2 Å². The number of carbonyl (C=O) groups is 2. The lowest BCUT2D eigenvalue weighted by molar-refractivity contribution is -0.143. The van der Waals surface area contributed by atoms with Crippen molar-refractivity contribution in [2.45, 2.75) is 13.1 Å². The number of rotatable bonds is 10. The lowest BCUT2D eigenvalue weighted by atomic mass is 10.2. The van der Waals surface area contributed by atoms with E-state index in [0.29, 0.717) is 24.6 Å². The standard InChI is InChI=1S/C20H28N4O5/c1-22(10-16-9-21-23(2)11-16)19(25)13-24(14-20(26)29-5)12-15-6-17(27-3)8-18(7-15)28-4/h6-9,11H,10,12-14H2,1-5H3. The maximum absolute atomic E-state index is 12.7. The Bertz CT molecular complexity index is 814. The average molecular weight is 404 g/mol. The quantitative estimate of drug-likeness (QED) is 0.548. The van der Waals surface area contributed by atoms with Gasteiger partial charge in [-0.15, -0.1) is 0 Å². The Hall–Kier alpha value is -3.07. The van der Waals surface area contributed by atoms with Gasteiger partial charge in [-0.05, 0) is 17.7 Å². The van der Waals surface area contributed by atoms with Crippen molar-refractivity contribution in [2.75, 3.05) is 41.5 Å². The highest BCUT2D eigenvalue weighted by Crippen LogP contribution is 2.23. The molecule has 9 heteroatoms. The van der Waals surface area contributed by atoms with Crippen molar-refractivity contribution >= 4 is 11.9 Å². The predicted octanol–water partition coefficient (Wildman–Crippen LogP) is 1.07. The minimum Gasteiger partial charge on any atom is -0.497 e. The van der Waals surface area contributed by atoms with Crippen molar-refractivity contribution < 1.29 is 23.8 Å². The number of aryl methyl sites for hydroxylation is 1. The van der Waals surface area contributed by atoms with Gasteiger partial charge in [-0.3, -0.25) is 19.2 Å². The van der Waals surface area contributed by atoms with Gasteiger partial charge in [0.1, 0.15) is 11.5 Å². The van der Waals surface area contributed by atoms with Crippen LogP contribution in [0.3, 0.4) is 0 Å². The summed E-state index contributed by atoms with van der Waals surface area (Å²) in [5, 5.41) is 4.11. The van der Waals surface area contributed by atoms with Gasteiger partial charge >= 0.3 is 5.97 Å². The fourth-order valence-electron chi connectivity index (χ4n) is 2.86. The van der Waals surface area contributed by atoms with Crippen molar-refractivity contribution in [3.05, 3.63) is 41.7 Å². The molecular weight excluding hydrogens is 376 g/mol. The van der Waals surface area contributed by atoms with Crippen molar-refractivity contribution in [1.29, 1.82) is 0 Å². The highest BCUT2D eigenvalue weighted by molar-refractivity contribution is 5.79. The molecule has 0 radical (unpaired) electrons. The van der Waals surface area contributed by atoms with Crippen LogP contribution >= 0.6 is 0 Å². The van der Waals surface area contributed by atoms with E-state index in [9.17, 15) is 9.59 Å². The first-order valence-corrected chi connectivity index (χ1v) is 9.07. The Labute approximate surface area is 170 Å². The Balaban J connectivity index is 2.10. The Morgan fingerprint density at radius 1 is 1.00 bits per heavy atom. The minimum absolute atomic E-state index is 0.0114. The summed E-state index contributed by atoms with van der Waals surface area (Å²) >= 11 is 0. The second kappa shape index (κ2) is 10.5. The molecule has 0 atom stereocenters. The van der Waals surface area contributed by atoms with Crippen LogP contribution in [0.2, 0.25) is 0 Å². The number of carbonyl (C=O) groups excluding carboxylic acids is 2. The number of esters is 1. The highest BCUT2D eigenvalue weighted by Gasteiger charge is 2.19. The number of aromatic nitrogens is 2. The first-order chi connectivity index (χ1) is 13.8. The fourth-order valence-corrected chi connectivity index (χ4v) is 2.86. The number of benzene rings is 1. The third kappa shape index (κ3) is 6.79. The van der Waals surface area contributed by atoms with Crippen molar-refractivity contribution in [3.8, 4) is 11.5 Å². The number of hydrogen-bond donors (Lipinski definition) is 0. The molecule has 0 unspecified atom stereocenters. The van der Waals surface area contributed by atoms with E-state index < -0.39 is 5.97 Å². The fraction of sp³-hybridized carbons (Fsp3) is 0.450. The zero-order valence-electron chi connectivity index (χ0n) is 17.5. The van der Waals surface area contributed by atoms with Crippen LogP contribution in [0.5, 0.6) is 11.5 Å². The Kier molecular flexibility index (Phi) is 8.02. The summed E-state index contributed by atoms with van der Waals surface area (Å²) < 4.78 is 17.1. The van der Waals surface area contributed by atoms with Crippen LogP contribution in [0.4, 0.5) is 0 Å². The summed E-state index contributed by atoms with van der Waals surface area (Å²) in [6, 6.07) is 5.45. The van der Waals surface area contributed by atoms with E-state index in [0.717, 1.165) is 11.1 Å². The average Bonchev–Trinajstić information content (AvgIpc) is 3.11. The van der Waals surface area contributed by atoms with Gasteiger partial charge in [-0.1, -0.05) is 0 Å². The number of ether oxygens (including phenoxy) is 3. The maximum atomic E-state index is 12.7. The molecule has 2 rings (SSSR count). The molecule has 1 aromatic carbocycles. The van der Waals surface area contributed by atoms with Crippen LogP contribution in [0.25, 0.3) is 0 Å². The number of hydrogen-bond acceptors (Lipinski definition) is 7. The predicted molar refractivity (Wildman–Crippen MR) is 107 cm³/mol. The Morgan fingerprint density at radius 2 is 1.66 bits per heavy atom. The van der Waals surface area contributed by atoms with Gasteiger partial charge in [-0.2, -0.15) is 5.10 Å². The van der Waals surface area contributed by atoms with Crippen LogP contribution in [0, 0.1) is 0 Å². The third-order valence-corrected chi connectivity index (χ3v) is 4.36. The van der Waals surface area contributed by atoms with Crippen LogP contribution in [-0.4, -0.2) is 72.9 Å². The smallest absolute Gasteiger partial charge is 0.319 e.